The summed E-state index contributed by atoms with van der Waals surface area (Å²) in [4.78, 5) is 36.6. The largest absolute Gasteiger partial charge is 0.463 e. The molecule has 28 heavy (non-hydrogen) atoms. The van der Waals surface area contributed by atoms with E-state index < -0.39 is 47.7 Å². The molecule has 2 rings (SSSR count). The number of hydrogen-bond donors (Lipinski definition) is 2. The van der Waals surface area contributed by atoms with Crippen molar-refractivity contribution in [2.24, 2.45) is 0 Å². The van der Waals surface area contributed by atoms with Crippen molar-refractivity contribution < 1.29 is 33.3 Å². The lowest BCUT2D eigenvalue weighted by Crippen LogP contribution is -2.61. The zero-order chi connectivity index (χ0) is 21.3. The average molecular weight is 398 g/mol. The van der Waals surface area contributed by atoms with Gasteiger partial charge in [0.25, 0.3) is 0 Å². The Hall–Kier alpha value is -2.13. The lowest BCUT2D eigenvalue weighted by atomic mass is 9.86. The van der Waals surface area contributed by atoms with Crippen LogP contribution in [0.5, 0.6) is 0 Å². The first-order chi connectivity index (χ1) is 12.8. The van der Waals surface area contributed by atoms with Crippen molar-refractivity contribution in [3.05, 3.63) is 11.6 Å². The van der Waals surface area contributed by atoms with Gasteiger partial charge in [0, 0.05) is 6.92 Å². The van der Waals surface area contributed by atoms with Crippen molar-refractivity contribution >= 4 is 18.0 Å². The summed E-state index contributed by atoms with van der Waals surface area (Å²) in [6, 6.07) is -1.41. The molecule has 4 atom stereocenters. The summed E-state index contributed by atoms with van der Waals surface area (Å²) < 4.78 is 22.3. The van der Waals surface area contributed by atoms with Crippen LogP contribution in [0.2, 0.25) is 0 Å². The van der Waals surface area contributed by atoms with Crippen molar-refractivity contribution in [2.75, 3.05) is 6.61 Å². The van der Waals surface area contributed by atoms with Crippen LogP contribution in [0.15, 0.2) is 11.6 Å². The summed E-state index contributed by atoms with van der Waals surface area (Å²) in [7, 11) is 0. The van der Waals surface area contributed by atoms with Crippen LogP contribution in [0.3, 0.4) is 0 Å². The fraction of sp³-hybridized carbons (Fsp3) is 0.737. The minimum atomic E-state index is -0.974. The molecule has 2 amide bonds. The van der Waals surface area contributed by atoms with Gasteiger partial charge in [-0.2, -0.15) is 0 Å². The minimum absolute atomic E-state index is 0.192. The Labute approximate surface area is 165 Å². The lowest BCUT2D eigenvalue weighted by molar-refractivity contribution is -0.150. The van der Waals surface area contributed by atoms with Crippen LogP contribution < -0.4 is 10.6 Å². The molecule has 0 aromatic heterocycles. The van der Waals surface area contributed by atoms with Crippen molar-refractivity contribution in [1.82, 2.24) is 10.6 Å². The maximum Gasteiger partial charge on any atom is 0.408 e. The highest BCUT2D eigenvalue weighted by molar-refractivity contribution is 5.90. The van der Waals surface area contributed by atoms with Crippen LogP contribution >= 0.6 is 0 Å². The number of rotatable bonds is 4. The van der Waals surface area contributed by atoms with E-state index in [-0.39, 0.29) is 18.1 Å². The van der Waals surface area contributed by atoms with Crippen LogP contribution in [0.25, 0.3) is 0 Å². The smallest absolute Gasteiger partial charge is 0.408 e. The highest BCUT2D eigenvalue weighted by atomic mass is 16.8. The Kier molecular flexibility index (Phi) is 6.40. The number of carbonyl (C=O) groups excluding carboxylic acids is 3. The third-order valence-electron chi connectivity index (χ3n) is 4.10. The molecule has 0 unspecified atom stereocenters. The zero-order valence-electron chi connectivity index (χ0n) is 17.5. The van der Waals surface area contributed by atoms with E-state index in [2.05, 4.69) is 10.6 Å². The summed E-state index contributed by atoms with van der Waals surface area (Å²) in [6.07, 6.45) is -0.566. The van der Waals surface area contributed by atoms with Gasteiger partial charge in [-0.05, 0) is 47.6 Å². The summed E-state index contributed by atoms with van der Waals surface area (Å²) in [5.74, 6) is -1.84. The SMILES string of the molecule is CCOC(=O)C1=C[C@H](NC(=O)OC(C)(C)C)[C@@H](NC(C)=O)[C@@H]2OC(C)(C)O[C@H]12. The maximum absolute atomic E-state index is 12.5. The first-order valence-electron chi connectivity index (χ1n) is 9.34. The second kappa shape index (κ2) is 8.08. The van der Waals surface area contributed by atoms with Crippen LogP contribution in [-0.4, -0.2) is 60.3 Å². The minimum Gasteiger partial charge on any atom is -0.463 e. The lowest BCUT2D eigenvalue weighted by Gasteiger charge is -2.37. The topological polar surface area (TPSA) is 112 Å². The first-order valence-corrected chi connectivity index (χ1v) is 9.34. The van der Waals surface area contributed by atoms with Gasteiger partial charge in [0.2, 0.25) is 5.91 Å². The monoisotopic (exact) mass is 398 g/mol. The van der Waals surface area contributed by atoms with Gasteiger partial charge >= 0.3 is 12.1 Å². The van der Waals surface area contributed by atoms with Gasteiger partial charge in [0.1, 0.15) is 17.8 Å². The summed E-state index contributed by atoms with van der Waals surface area (Å²) in [5.41, 5.74) is -0.465. The number of nitrogens with one attached hydrogen (secondary N) is 2. The van der Waals surface area contributed by atoms with E-state index in [9.17, 15) is 14.4 Å². The highest BCUT2D eigenvalue weighted by Gasteiger charge is 2.53. The quantitative estimate of drug-likeness (QED) is 0.689. The highest BCUT2D eigenvalue weighted by Crippen LogP contribution is 2.38. The molecule has 0 bridgehead atoms. The van der Waals surface area contributed by atoms with E-state index in [0.717, 1.165) is 0 Å². The van der Waals surface area contributed by atoms with Crippen LogP contribution in [-0.2, 0) is 28.5 Å². The van der Waals surface area contributed by atoms with E-state index in [0.29, 0.717) is 0 Å². The van der Waals surface area contributed by atoms with Gasteiger partial charge in [-0.15, -0.1) is 0 Å². The molecule has 1 aliphatic heterocycles. The molecule has 2 N–H and O–H groups in total. The molecule has 1 heterocycles. The number of esters is 1. The Bertz CT molecular complexity index is 666. The van der Waals surface area contributed by atoms with E-state index in [4.69, 9.17) is 18.9 Å². The molecule has 0 spiro atoms. The second-order valence-corrected chi connectivity index (χ2v) is 8.26. The molecular formula is C19H30N2O7. The fourth-order valence-electron chi connectivity index (χ4n) is 3.27. The Morgan fingerprint density at radius 3 is 2.36 bits per heavy atom. The number of carbonyl (C=O) groups is 3. The Balaban J connectivity index is 2.38. The van der Waals surface area contributed by atoms with Crippen molar-refractivity contribution in [2.45, 2.75) is 84.1 Å². The molecule has 1 aliphatic carbocycles. The first kappa shape index (κ1) is 22.2. The molecule has 1 fully saturated rings. The number of hydrogen-bond acceptors (Lipinski definition) is 7. The number of ether oxygens (including phenoxy) is 4. The molecule has 9 nitrogen and oxygen atoms in total. The second-order valence-electron chi connectivity index (χ2n) is 8.26. The third kappa shape index (κ3) is 5.45. The van der Waals surface area contributed by atoms with E-state index >= 15 is 0 Å². The molecule has 9 heteroatoms. The van der Waals surface area contributed by atoms with E-state index in [1.807, 2.05) is 0 Å². The van der Waals surface area contributed by atoms with Crippen LogP contribution in [0.1, 0.15) is 48.5 Å². The number of amides is 2. The normalized spacial score (nSPS) is 28.6. The van der Waals surface area contributed by atoms with Gasteiger partial charge in [-0.1, -0.05) is 0 Å². The Morgan fingerprint density at radius 2 is 1.82 bits per heavy atom. The molecule has 0 aromatic carbocycles. The fourth-order valence-corrected chi connectivity index (χ4v) is 3.27. The van der Waals surface area contributed by atoms with Crippen LogP contribution in [0, 0.1) is 0 Å². The maximum atomic E-state index is 12.5. The third-order valence-corrected chi connectivity index (χ3v) is 4.10. The average Bonchev–Trinajstić information content (AvgIpc) is 2.82. The molecule has 0 saturated carbocycles. The van der Waals surface area contributed by atoms with E-state index in [1.165, 1.54) is 13.0 Å². The zero-order valence-corrected chi connectivity index (χ0v) is 17.5. The standard InChI is InChI=1S/C19H30N2O7/c1-8-25-16(23)11-9-12(21-17(24)28-18(3,4)5)13(20-10(2)22)15-14(11)26-19(6,7)27-15/h9,12-15H,8H2,1-7H3,(H,20,22)(H,21,24)/t12-,13+,14+,15-/m0/s1. The Morgan fingerprint density at radius 1 is 1.18 bits per heavy atom. The van der Waals surface area contributed by atoms with Crippen molar-refractivity contribution in [3.63, 3.8) is 0 Å². The van der Waals surface area contributed by atoms with Gasteiger partial charge in [0.15, 0.2) is 5.79 Å². The molecule has 0 aromatic rings. The van der Waals surface area contributed by atoms with Crippen LogP contribution in [0.4, 0.5) is 4.79 Å². The predicted octanol–water partition coefficient (Wildman–Crippen LogP) is 1.41. The summed E-state index contributed by atoms with van der Waals surface area (Å²) >= 11 is 0. The van der Waals surface area contributed by atoms with Gasteiger partial charge in [-0.3, -0.25) is 4.79 Å². The number of fused-ring (bicyclic) bond motifs is 1. The van der Waals surface area contributed by atoms with E-state index in [1.54, 1.807) is 41.5 Å². The molecular weight excluding hydrogens is 368 g/mol. The van der Waals surface area contributed by atoms with Gasteiger partial charge in [-0.25, -0.2) is 9.59 Å². The molecule has 2 aliphatic rings. The molecule has 158 valence electrons. The van der Waals surface area contributed by atoms with Crippen molar-refractivity contribution in [3.8, 4) is 0 Å². The van der Waals surface area contributed by atoms with Crippen molar-refractivity contribution in [1.29, 1.82) is 0 Å². The predicted molar refractivity (Wildman–Crippen MR) is 99.3 cm³/mol. The molecule has 0 radical (unpaired) electrons. The van der Waals surface area contributed by atoms with Gasteiger partial charge < -0.3 is 29.6 Å². The number of alkyl carbamates (subject to hydrolysis) is 1. The summed E-state index contributed by atoms with van der Waals surface area (Å²) in [5, 5.41) is 5.49. The van der Waals surface area contributed by atoms with Gasteiger partial charge in [0.05, 0.1) is 24.3 Å². The molecule has 1 saturated heterocycles. The summed E-state index contributed by atoms with van der Waals surface area (Å²) in [6.45, 7) is 11.9.